The Bertz CT molecular complexity index is 311. The number of benzene rings is 1. The highest BCUT2D eigenvalue weighted by Crippen LogP contribution is 2.33. The number of para-hydroxylation sites is 1. The van der Waals surface area contributed by atoms with Gasteiger partial charge in [-0.25, -0.2) is 0 Å². The van der Waals surface area contributed by atoms with Crippen LogP contribution in [0.15, 0.2) is 24.3 Å². The summed E-state index contributed by atoms with van der Waals surface area (Å²) in [6.45, 7) is 2.18. The second-order valence-electron chi connectivity index (χ2n) is 3.97. The van der Waals surface area contributed by atoms with Crippen molar-refractivity contribution >= 4 is 5.69 Å². The van der Waals surface area contributed by atoms with Gasteiger partial charge in [0.25, 0.3) is 0 Å². The maximum absolute atomic E-state index is 9.92. The fourth-order valence-corrected chi connectivity index (χ4v) is 2.13. The number of aliphatic hydroxyl groups is 1. The summed E-state index contributed by atoms with van der Waals surface area (Å²) in [5, 5.41) is 13.4. The lowest BCUT2D eigenvalue weighted by atomic mass is 9.93. The number of rotatable bonds is 2. The molecule has 14 heavy (non-hydrogen) atoms. The molecule has 1 heterocycles. The zero-order chi connectivity index (χ0) is 9.97. The lowest BCUT2D eigenvalue weighted by Gasteiger charge is -2.30. The van der Waals surface area contributed by atoms with Gasteiger partial charge in [-0.1, -0.05) is 31.5 Å². The van der Waals surface area contributed by atoms with Gasteiger partial charge < -0.3 is 10.4 Å². The molecule has 0 fully saturated rings. The Morgan fingerprint density at radius 2 is 2.21 bits per heavy atom. The lowest BCUT2D eigenvalue weighted by Crippen LogP contribution is -2.27. The summed E-state index contributed by atoms with van der Waals surface area (Å²) in [6.07, 6.45) is 2.84. The standard InChI is InChI=1S/C12H17NO/c1-2-5-9-8-12(14)10-6-3-4-7-11(10)13-9/h3-4,6-7,9,12-14H,2,5,8H2,1H3/t9-,12-/m1/s1. The summed E-state index contributed by atoms with van der Waals surface area (Å²) in [5.74, 6) is 0. The minimum absolute atomic E-state index is 0.288. The van der Waals surface area contributed by atoms with E-state index in [1.807, 2.05) is 24.3 Å². The van der Waals surface area contributed by atoms with Crippen LogP contribution < -0.4 is 5.32 Å². The summed E-state index contributed by atoms with van der Waals surface area (Å²) in [7, 11) is 0. The van der Waals surface area contributed by atoms with Gasteiger partial charge in [-0.15, -0.1) is 0 Å². The average Bonchev–Trinajstić information content (AvgIpc) is 2.18. The van der Waals surface area contributed by atoms with Crippen LogP contribution in [0.2, 0.25) is 0 Å². The predicted octanol–water partition coefficient (Wildman–Crippen LogP) is 2.70. The maximum atomic E-state index is 9.92. The third-order valence-electron chi connectivity index (χ3n) is 2.82. The first kappa shape index (κ1) is 9.53. The molecule has 2 rings (SSSR count). The summed E-state index contributed by atoms with van der Waals surface area (Å²) in [6, 6.07) is 8.46. The normalized spacial score (nSPS) is 25.3. The SMILES string of the molecule is CCC[C@@H]1C[C@@H](O)c2ccccc2N1. The zero-order valence-electron chi connectivity index (χ0n) is 8.53. The Balaban J connectivity index is 2.20. The van der Waals surface area contributed by atoms with Gasteiger partial charge in [0, 0.05) is 17.3 Å². The van der Waals surface area contributed by atoms with E-state index in [0.29, 0.717) is 6.04 Å². The van der Waals surface area contributed by atoms with Crippen LogP contribution in [0.1, 0.15) is 37.9 Å². The summed E-state index contributed by atoms with van der Waals surface area (Å²) in [5.41, 5.74) is 2.14. The topological polar surface area (TPSA) is 32.3 Å². The molecule has 0 radical (unpaired) electrons. The molecule has 0 bridgehead atoms. The van der Waals surface area contributed by atoms with Gasteiger partial charge in [-0.3, -0.25) is 0 Å². The first-order chi connectivity index (χ1) is 6.81. The molecule has 0 spiro atoms. The number of aliphatic hydroxyl groups excluding tert-OH is 1. The minimum atomic E-state index is -0.288. The van der Waals surface area contributed by atoms with Crippen LogP contribution >= 0.6 is 0 Å². The molecule has 1 aromatic rings. The first-order valence-corrected chi connectivity index (χ1v) is 5.34. The van der Waals surface area contributed by atoms with E-state index >= 15 is 0 Å². The smallest absolute Gasteiger partial charge is 0.0829 e. The van der Waals surface area contributed by atoms with E-state index in [9.17, 15) is 5.11 Å². The molecule has 2 N–H and O–H groups in total. The number of anilines is 1. The Morgan fingerprint density at radius 3 is 3.00 bits per heavy atom. The molecule has 1 aliphatic rings. The van der Waals surface area contributed by atoms with Gasteiger partial charge in [0.15, 0.2) is 0 Å². The van der Waals surface area contributed by atoms with E-state index in [1.54, 1.807) is 0 Å². The van der Waals surface area contributed by atoms with E-state index in [-0.39, 0.29) is 6.10 Å². The predicted molar refractivity (Wildman–Crippen MR) is 58.3 cm³/mol. The van der Waals surface area contributed by atoms with Crippen LogP contribution in [-0.4, -0.2) is 11.1 Å². The number of hydrogen-bond acceptors (Lipinski definition) is 2. The third kappa shape index (κ3) is 1.75. The monoisotopic (exact) mass is 191 g/mol. The summed E-state index contributed by atoms with van der Waals surface area (Å²) < 4.78 is 0. The Hall–Kier alpha value is -1.02. The first-order valence-electron chi connectivity index (χ1n) is 5.34. The molecule has 0 amide bonds. The fraction of sp³-hybridized carbons (Fsp3) is 0.500. The highest BCUT2D eigenvalue weighted by atomic mass is 16.3. The number of hydrogen-bond donors (Lipinski definition) is 2. The van der Waals surface area contributed by atoms with E-state index < -0.39 is 0 Å². The maximum Gasteiger partial charge on any atom is 0.0829 e. The van der Waals surface area contributed by atoms with Crippen molar-refractivity contribution in [1.29, 1.82) is 0 Å². The minimum Gasteiger partial charge on any atom is -0.388 e. The molecule has 76 valence electrons. The van der Waals surface area contributed by atoms with Gasteiger partial charge in [-0.05, 0) is 18.9 Å². The molecular weight excluding hydrogens is 174 g/mol. The van der Waals surface area contributed by atoms with Gasteiger partial charge in [0.05, 0.1) is 6.10 Å². The van der Waals surface area contributed by atoms with E-state index in [0.717, 1.165) is 30.5 Å². The van der Waals surface area contributed by atoms with E-state index in [1.165, 1.54) is 0 Å². The van der Waals surface area contributed by atoms with Gasteiger partial charge in [-0.2, -0.15) is 0 Å². The van der Waals surface area contributed by atoms with Crippen molar-refractivity contribution in [2.75, 3.05) is 5.32 Å². The zero-order valence-corrected chi connectivity index (χ0v) is 8.53. The quantitative estimate of drug-likeness (QED) is 0.753. The van der Waals surface area contributed by atoms with Crippen molar-refractivity contribution in [3.63, 3.8) is 0 Å². The second kappa shape index (κ2) is 4.01. The van der Waals surface area contributed by atoms with Crippen molar-refractivity contribution in [3.05, 3.63) is 29.8 Å². The van der Waals surface area contributed by atoms with Crippen LogP contribution in [0, 0.1) is 0 Å². The molecule has 0 unspecified atom stereocenters. The molecule has 0 aliphatic carbocycles. The van der Waals surface area contributed by atoms with Crippen molar-refractivity contribution in [2.24, 2.45) is 0 Å². The molecule has 0 aromatic heterocycles. The highest BCUT2D eigenvalue weighted by molar-refractivity contribution is 5.54. The summed E-state index contributed by atoms with van der Waals surface area (Å²) >= 11 is 0. The molecule has 1 aliphatic heterocycles. The molecule has 2 nitrogen and oxygen atoms in total. The van der Waals surface area contributed by atoms with E-state index in [2.05, 4.69) is 12.2 Å². The van der Waals surface area contributed by atoms with Crippen LogP contribution in [0.4, 0.5) is 5.69 Å². The molecule has 2 atom stereocenters. The Morgan fingerprint density at radius 1 is 1.43 bits per heavy atom. The van der Waals surface area contributed by atoms with Gasteiger partial charge in [0.1, 0.15) is 0 Å². The molecule has 2 heteroatoms. The van der Waals surface area contributed by atoms with Crippen molar-refractivity contribution in [3.8, 4) is 0 Å². The molecular formula is C12H17NO. The van der Waals surface area contributed by atoms with Gasteiger partial charge in [0.2, 0.25) is 0 Å². The second-order valence-corrected chi connectivity index (χ2v) is 3.97. The van der Waals surface area contributed by atoms with Crippen LogP contribution in [0.25, 0.3) is 0 Å². The molecule has 0 saturated carbocycles. The highest BCUT2D eigenvalue weighted by Gasteiger charge is 2.23. The third-order valence-corrected chi connectivity index (χ3v) is 2.82. The van der Waals surface area contributed by atoms with Crippen LogP contribution in [-0.2, 0) is 0 Å². The summed E-state index contributed by atoms with van der Waals surface area (Å²) in [4.78, 5) is 0. The largest absolute Gasteiger partial charge is 0.388 e. The fourth-order valence-electron chi connectivity index (χ4n) is 2.13. The molecule has 1 aromatic carbocycles. The van der Waals surface area contributed by atoms with Crippen LogP contribution in [0.3, 0.4) is 0 Å². The lowest BCUT2D eigenvalue weighted by molar-refractivity contribution is 0.154. The van der Waals surface area contributed by atoms with Gasteiger partial charge >= 0.3 is 0 Å². The van der Waals surface area contributed by atoms with Crippen molar-refractivity contribution in [1.82, 2.24) is 0 Å². The van der Waals surface area contributed by atoms with E-state index in [4.69, 9.17) is 0 Å². The van der Waals surface area contributed by atoms with Crippen molar-refractivity contribution in [2.45, 2.75) is 38.3 Å². The average molecular weight is 191 g/mol. The number of nitrogens with one attached hydrogen (secondary N) is 1. The Labute approximate surface area is 85.0 Å². The number of fused-ring (bicyclic) bond motifs is 1. The van der Waals surface area contributed by atoms with Crippen molar-refractivity contribution < 1.29 is 5.11 Å². The molecule has 0 saturated heterocycles. The van der Waals surface area contributed by atoms with Crippen LogP contribution in [0.5, 0.6) is 0 Å². The Kier molecular flexibility index (Phi) is 2.73.